The van der Waals surface area contributed by atoms with Gasteiger partial charge in [0.2, 0.25) is 0 Å². The number of aromatic carboxylic acids is 1. The van der Waals surface area contributed by atoms with Crippen molar-refractivity contribution in [3.63, 3.8) is 0 Å². The van der Waals surface area contributed by atoms with Crippen LogP contribution in [0, 0.1) is 12.8 Å². The van der Waals surface area contributed by atoms with E-state index in [1.54, 1.807) is 12.1 Å². The second-order valence-corrected chi connectivity index (χ2v) is 6.64. The van der Waals surface area contributed by atoms with Gasteiger partial charge < -0.3 is 14.4 Å². The first-order valence-corrected chi connectivity index (χ1v) is 8.36. The fourth-order valence-corrected chi connectivity index (χ4v) is 2.77. The van der Waals surface area contributed by atoms with E-state index >= 15 is 0 Å². The van der Waals surface area contributed by atoms with E-state index in [9.17, 15) is 9.90 Å². The highest BCUT2D eigenvalue weighted by molar-refractivity contribution is 5.92. The van der Waals surface area contributed by atoms with Crippen LogP contribution in [0.3, 0.4) is 0 Å². The van der Waals surface area contributed by atoms with Crippen LogP contribution in [-0.2, 0) is 13.2 Å². The van der Waals surface area contributed by atoms with Crippen molar-refractivity contribution in [2.24, 2.45) is 5.92 Å². The van der Waals surface area contributed by atoms with Gasteiger partial charge in [-0.2, -0.15) is 0 Å². The summed E-state index contributed by atoms with van der Waals surface area (Å²) in [6.45, 7) is 7.46. The summed E-state index contributed by atoms with van der Waals surface area (Å²) in [5, 5.41) is 9.18. The highest BCUT2D eigenvalue weighted by Crippen LogP contribution is 2.21. The Morgan fingerprint density at radius 3 is 2.56 bits per heavy atom. The lowest BCUT2D eigenvalue weighted by atomic mass is 10.2. The second-order valence-electron chi connectivity index (χ2n) is 6.64. The zero-order valence-electron chi connectivity index (χ0n) is 14.7. The van der Waals surface area contributed by atoms with Gasteiger partial charge in [0, 0.05) is 6.54 Å². The van der Waals surface area contributed by atoms with Crippen molar-refractivity contribution < 1.29 is 14.6 Å². The molecule has 0 spiro atoms. The zero-order chi connectivity index (χ0) is 18.0. The molecule has 0 amide bonds. The number of imidazole rings is 1. The van der Waals surface area contributed by atoms with Gasteiger partial charge in [-0.15, -0.1) is 0 Å². The number of ether oxygens (including phenoxy) is 1. The average molecular weight is 338 g/mol. The maximum atomic E-state index is 11.2. The zero-order valence-corrected chi connectivity index (χ0v) is 14.7. The number of hydrogen-bond donors (Lipinski definition) is 1. The number of aryl methyl sites for hydroxylation is 1. The van der Waals surface area contributed by atoms with Crippen LogP contribution in [0.2, 0.25) is 0 Å². The van der Waals surface area contributed by atoms with Gasteiger partial charge in [-0.05, 0) is 43.2 Å². The number of aromatic nitrogens is 2. The van der Waals surface area contributed by atoms with Crippen LogP contribution in [0.5, 0.6) is 5.75 Å². The number of rotatable bonds is 6. The molecule has 0 aliphatic heterocycles. The number of carbonyl (C=O) groups is 1. The van der Waals surface area contributed by atoms with Gasteiger partial charge in [0.15, 0.2) is 0 Å². The van der Waals surface area contributed by atoms with E-state index in [2.05, 4.69) is 23.4 Å². The molecule has 0 saturated carbocycles. The maximum Gasteiger partial charge on any atom is 0.335 e. The molecule has 1 heterocycles. The maximum absolute atomic E-state index is 11.2. The van der Waals surface area contributed by atoms with Crippen molar-refractivity contribution in [3.8, 4) is 5.75 Å². The van der Waals surface area contributed by atoms with E-state index in [0.717, 1.165) is 23.6 Å². The molecule has 1 aromatic heterocycles. The quantitative estimate of drug-likeness (QED) is 0.729. The predicted octanol–water partition coefficient (Wildman–Crippen LogP) is 4.28. The van der Waals surface area contributed by atoms with Gasteiger partial charge >= 0.3 is 5.97 Å². The number of benzene rings is 2. The third-order valence-corrected chi connectivity index (χ3v) is 4.01. The number of nitrogens with zero attached hydrogens (tertiary/aromatic N) is 2. The SMILES string of the molecule is Cc1ccc(OCc2nc3cc(C(=O)O)ccc3n2CC(C)C)cc1. The van der Waals surface area contributed by atoms with Crippen LogP contribution in [0.4, 0.5) is 0 Å². The van der Waals surface area contributed by atoms with Crippen molar-refractivity contribution >= 4 is 17.0 Å². The van der Waals surface area contributed by atoms with E-state index in [1.165, 1.54) is 5.56 Å². The Morgan fingerprint density at radius 1 is 1.20 bits per heavy atom. The fourth-order valence-electron chi connectivity index (χ4n) is 2.77. The molecular weight excluding hydrogens is 316 g/mol. The Bertz CT molecular complexity index is 895. The van der Waals surface area contributed by atoms with Crippen LogP contribution in [0.15, 0.2) is 42.5 Å². The van der Waals surface area contributed by atoms with E-state index in [4.69, 9.17) is 4.74 Å². The Labute approximate surface area is 146 Å². The van der Waals surface area contributed by atoms with Gasteiger partial charge in [0.05, 0.1) is 16.6 Å². The lowest BCUT2D eigenvalue weighted by Crippen LogP contribution is -2.11. The van der Waals surface area contributed by atoms with Crippen molar-refractivity contribution in [2.75, 3.05) is 0 Å². The van der Waals surface area contributed by atoms with Gasteiger partial charge in [-0.25, -0.2) is 9.78 Å². The summed E-state index contributed by atoms with van der Waals surface area (Å²) in [6, 6.07) is 12.9. The van der Waals surface area contributed by atoms with E-state index < -0.39 is 5.97 Å². The summed E-state index contributed by atoms with van der Waals surface area (Å²) in [6.07, 6.45) is 0. The summed E-state index contributed by atoms with van der Waals surface area (Å²) in [5.41, 5.74) is 3.04. The highest BCUT2D eigenvalue weighted by atomic mass is 16.5. The molecular formula is C20H22N2O3. The average Bonchev–Trinajstić information content (AvgIpc) is 2.90. The van der Waals surface area contributed by atoms with Crippen molar-refractivity contribution in [1.82, 2.24) is 9.55 Å². The normalized spacial score (nSPS) is 11.2. The van der Waals surface area contributed by atoms with Crippen LogP contribution >= 0.6 is 0 Å². The Hall–Kier alpha value is -2.82. The third kappa shape index (κ3) is 3.82. The van der Waals surface area contributed by atoms with Crippen LogP contribution in [0.1, 0.15) is 35.6 Å². The number of carboxylic acid groups (broad SMARTS) is 1. The first-order valence-electron chi connectivity index (χ1n) is 8.36. The van der Waals surface area contributed by atoms with Gasteiger partial charge in [-0.1, -0.05) is 31.5 Å². The Balaban J connectivity index is 1.93. The third-order valence-electron chi connectivity index (χ3n) is 4.01. The minimum Gasteiger partial charge on any atom is -0.486 e. The number of fused-ring (bicyclic) bond motifs is 1. The van der Waals surface area contributed by atoms with Crippen molar-refractivity contribution in [2.45, 2.75) is 33.9 Å². The minimum atomic E-state index is -0.947. The molecule has 3 rings (SSSR count). The largest absolute Gasteiger partial charge is 0.486 e. The molecule has 0 aliphatic rings. The first kappa shape index (κ1) is 17.0. The van der Waals surface area contributed by atoms with E-state index in [0.29, 0.717) is 18.0 Å². The smallest absolute Gasteiger partial charge is 0.335 e. The van der Waals surface area contributed by atoms with E-state index in [-0.39, 0.29) is 5.56 Å². The van der Waals surface area contributed by atoms with Crippen LogP contribution < -0.4 is 4.74 Å². The summed E-state index contributed by atoms with van der Waals surface area (Å²) >= 11 is 0. The molecule has 130 valence electrons. The standard InChI is InChI=1S/C20H22N2O3/c1-13(2)11-22-18-9-6-15(20(23)24)10-17(18)21-19(22)12-25-16-7-4-14(3)5-8-16/h4-10,13H,11-12H2,1-3H3,(H,23,24). The number of carboxylic acids is 1. The molecule has 3 aromatic rings. The molecule has 1 N–H and O–H groups in total. The number of hydrogen-bond acceptors (Lipinski definition) is 3. The highest BCUT2D eigenvalue weighted by Gasteiger charge is 2.14. The molecule has 25 heavy (non-hydrogen) atoms. The predicted molar refractivity (Wildman–Crippen MR) is 97.0 cm³/mol. The molecule has 5 nitrogen and oxygen atoms in total. The first-order chi connectivity index (χ1) is 11.9. The fraction of sp³-hybridized carbons (Fsp3) is 0.300. The molecule has 0 fully saturated rings. The van der Waals surface area contributed by atoms with Gasteiger partial charge in [-0.3, -0.25) is 0 Å². The molecule has 0 aliphatic carbocycles. The van der Waals surface area contributed by atoms with Gasteiger partial charge in [0.1, 0.15) is 18.2 Å². The van der Waals surface area contributed by atoms with E-state index in [1.807, 2.05) is 37.3 Å². The van der Waals surface area contributed by atoms with Crippen LogP contribution in [-0.4, -0.2) is 20.6 Å². The molecule has 0 atom stereocenters. The summed E-state index contributed by atoms with van der Waals surface area (Å²) < 4.78 is 7.99. The molecule has 0 unspecified atom stereocenters. The Morgan fingerprint density at radius 2 is 1.92 bits per heavy atom. The summed E-state index contributed by atoms with van der Waals surface area (Å²) in [5.74, 6) is 1.08. The lowest BCUT2D eigenvalue weighted by molar-refractivity contribution is 0.0697. The summed E-state index contributed by atoms with van der Waals surface area (Å²) in [4.78, 5) is 15.8. The van der Waals surface area contributed by atoms with Gasteiger partial charge in [0.25, 0.3) is 0 Å². The monoisotopic (exact) mass is 338 g/mol. The van der Waals surface area contributed by atoms with Crippen LogP contribution in [0.25, 0.3) is 11.0 Å². The lowest BCUT2D eigenvalue weighted by Gasteiger charge is -2.12. The topological polar surface area (TPSA) is 64.3 Å². The second kappa shape index (κ2) is 6.97. The molecule has 5 heteroatoms. The Kier molecular flexibility index (Phi) is 4.74. The van der Waals surface area contributed by atoms with Crippen molar-refractivity contribution in [3.05, 3.63) is 59.4 Å². The minimum absolute atomic E-state index is 0.243. The molecule has 2 aromatic carbocycles. The molecule has 0 bridgehead atoms. The molecule has 0 saturated heterocycles. The molecule has 0 radical (unpaired) electrons. The summed E-state index contributed by atoms with van der Waals surface area (Å²) in [7, 11) is 0. The van der Waals surface area contributed by atoms with Crippen molar-refractivity contribution in [1.29, 1.82) is 0 Å².